The molecule has 0 aliphatic carbocycles. The number of amides is 3. The van der Waals surface area contributed by atoms with Gasteiger partial charge in [-0.15, -0.1) is 11.8 Å². The number of rotatable bonds is 5. The number of hydrogen-bond donors (Lipinski definition) is 2. The molecule has 1 saturated heterocycles. The van der Waals surface area contributed by atoms with Gasteiger partial charge in [-0.3, -0.25) is 14.4 Å². The van der Waals surface area contributed by atoms with E-state index in [9.17, 15) is 14.4 Å². The maximum Gasteiger partial charge on any atom is 0.244 e. The molecular formula is C17H23N3O3S. The van der Waals surface area contributed by atoms with E-state index in [2.05, 4.69) is 10.6 Å². The van der Waals surface area contributed by atoms with Crippen LogP contribution in [0.3, 0.4) is 0 Å². The van der Waals surface area contributed by atoms with E-state index in [1.165, 1.54) is 6.92 Å². The monoisotopic (exact) mass is 349 g/mol. The second-order valence-corrected chi connectivity index (χ2v) is 6.77. The summed E-state index contributed by atoms with van der Waals surface area (Å²) >= 11 is 1.59. The first kappa shape index (κ1) is 18.3. The molecule has 3 amide bonds. The van der Waals surface area contributed by atoms with Crippen LogP contribution in [-0.2, 0) is 14.4 Å². The van der Waals surface area contributed by atoms with Gasteiger partial charge in [-0.25, -0.2) is 0 Å². The third-order valence-corrected chi connectivity index (χ3v) is 4.89. The number of nitrogens with one attached hydrogen (secondary N) is 2. The molecule has 1 heterocycles. The van der Waals surface area contributed by atoms with Gasteiger partial charge in [0.25, 0.3) is 0 Å². The number of nitrogens with zero attached hydrogens (tertiary/aromatic N) is 1. The molecule has 2 atom stereocenters. The maximum atomic E-state index is 12.5. The van der Waals surface area contributed by atoms with Crippen molar-refractivity contribution in [2.24, 2.45) is 0 Å². The van der Waals surface area contributed by atoms with Gasteiger partial charge in [-0.1, -0.05) is 19.1 Å². The Morgan fingerprint density at radius 3 is 2.79 bits per heavy atom. The smallest absolute Gasteiger partial charge is 0.244 e. The molecule has 24 heavy (non-hydrogen) atoms. The van der Waals surface area contributed by atoms with Crippen LogP contribution in [0.1, 0.15) is 38.8 Å². The van der Waals surface area contributed by atoms with Crippen molar-refractivity contribution in [1.82, 2.24) is 10.2 Å². The molecule has 0 saturated carbocycles. The summed E-state index contributed by atoms with van der Waals surface area (Å²) in [5.41, 5.74) is 1.59. The number of thioether (sulfide) groups is 1. The average Bonchev–Trinajstić information content (AvgIpc) is 3.03. The number of hydrogen-bond acceptors (Lipinski definition) is 4. The minimum atomic E-state index is -0.413. The second-order valence-electron chi connectivity index (χ2n) is 5.77. The topological polar surface area (TPSA) is 78.5 Å². The molecule has 130 valence electrons. The van der Waals surface area contributed by atoms with Crippen LogP contribution >= 0.6 is 11.8 Å². The van der Waals surface area contributed by atoms with E-state index in [1.54, 1.807) is 29.7 Å². The normalized spacial score (nSPS) is 18.1. The Hall–Kier alpha value is -2.02. The zero-order valence-corrected chi connectivity index (χ0v) is 15.0. The fourth-order valence-corrected chi connectivity index (χ4v) is 3.77. The van der Waals surface area contributed by atoms with E-state index in [0.29, 0.717) is 23.7 Å². The lowest BCUT2D eigenvalue weighted by molar-refractivity contribution is -0.138. The largest absolute Gasteiger partial charge is 0.348 e. The van der Waals surface area contributed by atoms with Crippen molar-refractivity contribution in [3.8, 4) is 0 Å². The first-order chi connectivity index (χ1) is 11.4. The molecule has 2 rings (SSSR count). The maximum absolute atomic E-state index is 12.5. The Morgan fingerprint density at radius 2 is 2.12 bits per heavy atom. The summed E-state index contributed by atoms with van der Waals surface area (Å²) in [5, 5.41) is 5.70. The zero-order valence-electron chi connectivity index (χ0n) is 14.2. The highest BCUT2D eigenvalue weighted by molar-refractivity contribution is 7.99. The number of anilines is 1. The molecule has 0 bridgehead atoms. The van der Waals surface area contributed by atoms with Crippen LogP contribution in [0, 0.1) is 0 Å². The Bertz CT molecular complexity index is 635. The van der Waals surface area contributed by atoms with Crippen molar-refractivity contribution >= 4 is 35.2 Å². The molecule has 0 unspecified atom stereocenters. The molecule has 2 N–H and O–H groups in total. The summed E-state index contributed by atoms with van der Waals surface area (Å²) in [6, 6.07) is 6.74. The average molecular weight is 349 g/mol. The highest BCUT2D eigenvalue weighted by atomic mass is 32.2. The van der Waals surface area contributed by atoms with E-state index < -0.39 is 6.04 Å². The lowest BCUT2D eigenvalue weighted by atomic mass is 10.1. The van der Waals surface area contributed by atoms with Crippen LogP contribution in [0.2, 0.25) is 0 Å². The molecule has 1 aliphatic rings. The van der Waals surface area contributed by atoms with Gasteiger partial charge in [-0.2, -0.15) is 0 Å². The first-order valence-electron chi connectivity index (χ1n) is 7.97. The molecule has 1 aliphatic heterocycles. The second kappa shape index (κ2) is 8.19. The molecule has 0 radical (unpaired) electrons. The zero-order chi connectivity index (χ0) is 17.7. The van der Waals surface area contributed by atoms with Gasteiger partial charge in [0.1, 0.15) is 6.04 Å². The summed E-state index contributed by atoms with van der Waals surface area (Å²) in [4.78, 5) is 37.3. The van der Waals surface area contributed by atoms with Gasteiger partial charge in [0.05, 0.1) is 11.9 Å². The Labute approximate surface area is 146 Å². The van der Waals surface area contributed by atoms with Crippen LogP contribution in [0.4, 0.5) is 5.69 Å². The third-order valence-electron chi connectivity index (χ3n) is 3.87. The molecule has 0 spiro atoms. The van der Waals surface area contributed by atoms with Crippen LogP contribution in [0.5, 0.6) is 0 Å². The van der Waals surface area contributed by atoms with Crippen LogP contribution in [0.25, 0.3) is 0 Å². The molecule has 7 heteroatoms. The van der Waals surface area contributed by atoms with Crippen molar-refractivity contribution in [2.45, 2.75) is 39.3 Å². The quantitative estimate of drug-likeness (QED) is 0.854. The fourth-order valence-electron chi connectivity index (χ4n) is 2.59. The van der Waals surface area contributed by atoms with Gasteiger partial charge in [0.15, 0.2) is 0 Å². The predicted octanol–water partition coefficient (Wildman–Crippen LogP) is 2.13. The molecule has 1 aromatic carbocycles. The summed E-state index contributed by atoms with van der Waals surface area (Å²) in [5.74, 6) is 0.910. The molecule has 6 nitrogen and oxygen atoms in total. The fraction of sp³-hybridized carbons (Fsp3) is 0.471. The number of carbonyl (C=O) groups is 3. The van der Waals surface area contributed by atoms with E-state index in [0.717, 1.165) is 5.56 Å². The summed E-state index contributed by atoms with van der Waals surface area (Å²) in [7, 11) is 0. The molecular weight excluding hydrogens is 326 g/mol. The van der Waals surface area contributed by atoms with E-state index in [1.807, 2.05) is 25.1 Å². The first-order valence-corrected chi connectivity index (χ1v) is 9.13. The number of carbonyl (C=O) groups excluding carboxylic acids is 3. The Kier molecular flexibility index (Phi) is 6.25. The predicted molar refractivity (Wildman–Crippen MR) is 95.6 cm³/mol. The van der Waals surface area contributed by atoms with Crippen molar-refractivity contribution in [3.05, 3.63) is 29.8 Å². The van der Waals surface area contributed by atoms with Crippen molar-refractivity contribution in [1.29, 1.82) is 0 Å². The highest BCUT2D eigenvalue weighted by Crippen LogP contribution is 2.23. The minimum absolute atomic E-state index is 0.000425. The van der Waals surface area contributed by atoms with Crippen molar-refractivity contribution in [3.63, 3.8) is 0 Å². The van der Waals surface area contributed by atoms with E-state index >= 15 is 0 Å². The highest BCUT2D eigenvalue weighted by Gasteiger charge is 2.34. The van der Waals surface area contributed by atoms with E-state index in [-0.39, 0.29) is 23.8 Å². The molecule has 0 aromatic heterocycles. The Balaban J connectivity index is 2.03. The van der Waals surface area contributed by atoms with Crippen molar-refractivity contribution < 1.29 is 14.4 Å². The van der Waals surface area contributed by atoms with Gasteiger partial charge >= 0.3 is 0 Å². The summed E-state index contributed by atoms with van der Waals surface area (Å²) in [6.07, 6.45) is 0.401. The minimum Gasteiger partial charge on any atom is -0.348 e. The van der Waals surface area contributed by atoms with Crippen LogP contribution in [0.15, 0.2) is 24.3 Å². The lowest BCUT2D eigenvalue weighted by Gasteiger charge is -2.24. The molecule has 1 fully saturated rings. The Morgan fingerprint density at radius 1 is 1.38 bits per heavy atom. The van der Waals surface area contributed by atoms with E-state index in [4.69, 9.17) is 0 Å². The van der Waals surface area contributed by atoms with Gasteiger partial charge in [-0.05, 0) is 24.6 Å². The lowest BCUT2D eigenvalue weighted by Crippen LogP contribution is -2.47. The van der Waals surface area contributed by atoms with Gasteiger partial charge in [0.2, 0.25) is 17.7 Å². The van der Waals surface area contributed by atoms with Gasteiger partial charge < -0.3 is 15.5 Å². The summed E-state index contributed by atoms with van der Waals surface area (Å²) in [6.45, 7) is 5.14. The SMILES string of the molecule is CCC(=O)N1CSC[C@@H]1C(=O)N[C@H](C)c1cccc(NC(C)=O)c1. The molecule has 1 aromatic rings. The summed E-state index contributed by atoms with van der Waals surface area (Å²) < 4.78 is 0. The standard InChI is InChI=1S/C17H23N3O3S/c1-4-16(22)20-10-24-9-15(20)17(23)18-11(2)13-6-5-7-14(8-13)19-12(3)21/h5-8,11,15H,4,9-10H2,1-3H3,(H,18,23)(H,19,21)/t11-,15-/m1/s1. The third kappa shape index (κ3) is 4.50. The van der Waals surface area contributed by atoms with Crippen LogP contribution < -0.4 is 10.6 Å². The number of benzene rings is 1. The van der Waals surface area contributed by atoms with Crippen molar-refractivity contribution in [2.75, 3.05) is 16.9 Å². The van der Waals surface area contributed by atoms with Gasteiger partial charge in [0, 0.05) is 24.8 Å². The van der Waals surface area contributed by atoms with Crippen LogP contribution in [-0.4, -0.2) is 40.3 Å².